The Balaban J connectivity index is 1.29. The van der Waals surface area contributed by atoms with Crippen LogP contribution in [0.5, 0.6) is 0 Å². The molecule has 6 nitrogen and oxygen atoms in total. The summed E-state index contributed by atoms with van der Waals surface area (Å²) in [6.45, 7) is 3.25. The van der Waals surface area contributed by atoms with Crippen LogP contribution in [0.2, 0.25) is 0 Å². The van der Waals surface area contributed by atoms with Crippen LogP contribution in [0.25, 0.3) is 0 Å². The predicted octanol–water partition coefficient (Wildman–Crippen LogP) is 3.51. The standard InChI is InChI=1S/C19H25N3O3S/c23-19(16-7-11-26-13-16)22-8-1-2-14(12-22)3-4-17-20-18(25-21-17)15-5-9-24-10-6-15/h7,11,13-15H,1-6,8-10,12H2. The normalized spacial score (nSPS) is 21.8. The zero-order valence-corrected chi connectivity index (χ0v) is 15.7. The van der Waals surface area contributed by atoms with Crippen molar-refractivity contribution in [2.24, 2.45) is 5.92 Å². The molecule has 4 rings (SSSR count). The van der Waals surface area contributed by atoms with Crippen LogP contribution >= 0.6 is 11.3 Å². The molecule has 0 aromatic carbocycles. The molecule has 140 valence electrons. The van der Waals surface area contributed by atoms with Crippen molar-refractivity contribution in [2.75, 3.05) is 26.3 Å². The minimum absolute atomic E-state index is 0.164. The summed E-state index contributed by atoms with van der Waals surface area (Å²) in [6, 6.07) is 1.91. The van der Waals surface area contributed by atoms with Crippen LogP contribution in [0.3, 0.4) is 0 Å². The number of hydrogen-bond acceptors (Lipinski definition) is 6. The van der Waals surface area contributed by atoms with Gasteiger partial charge in [0.25, 0.3) is 5.91 Å². The van der Waals surface area contributed by atoms with Crippen molar-refractivity contribution in [1.29, 1.82) is 0 Å². The molecule has 26 heavy (non-hydrogen) atoms. The summed E-state index contributed by atoms with van der Waals surface area (Å²) in [4.78, 5) is 19.1. The molecule has 1 unspecified atom stereocenters. The quantitative estimate of drug-likeness (QED) is 0.800. The molecule has 2 aromatic heterocycles. The summed E-state index contributed by atoms with van der Waals surface area (Å²) >= 11 is 1.57. The maximum Gasteiger partial charge on any atom is 0.254 e. The number of hydrogen-bond donors (Lipinski definition) is 0. The first-order valence-corrected chi connectivity index (χ1v) is 10.5. The summed E-state index contributed by atoms with van der Waals surface area (Å²) in [6.07, 6.45) is 5.98. The average Bonchev–Trinajstić information content (AvgIpc) is 3.39. The highest BCUT2D eigenvalue weighted by Gasteiger charge is 2.26. The van der Waals surface area contributed by atoms with Gasteiger partial charge in [-0.15, -0.1) is 0 Å². The van der Waals surface area contributed by atoms with E-state index in [4.69, 9.17) is 9.26 Å². The molecule has 2 saturated heterocycles. The molecular weight excluding hydrogens is 350 g/mol. The van der Waals surface area contributed by atoms with Gasteiger partial charge in [0, 0.05) is 44.0 Å². The van der Waals surface area contributed by atoms with Crippen molar-refractivity contribution in [3.05, 3.63) is 34.1 Å². The average molecular weight is 375 g/mol. The summed E-state index contributed by atoms with van der Waals surface area (Å²) in [5, 5.41) is 8.06. The number of nitrogens with zero attached hydrogens (tertiary/aromatic N) is 3. The Labute approximate surface area is 157 Å². The zero-order valence-electron chi connectivity index (χ0n) is 14.9. The van der Waals surface area contributed by atoms with Gasteiger partial charge < -0.3 is 14.2 Å². The Morgan fingerprint density at radius 3 is 3.00 bits per heavy atom. The van der Waals surface area contributed by atoms with Crippen molar-refractivity contribution in [3.63, 3.8) is 0 Å². The highest BCUT2D eigenvalue weighted by atomic mass is 32.1. The minimum Gasteiger partial charge on any atom is -0.381 e. The lowest BCUT2D eigenvalue weighted by Gasteiger charge is -2.32. The molecule has 0 N–H and O–H groups in total. The molecule has 0 radical (unpaired) electrons. The van der Waals surface area contributed by atoms with Crippen molar-refractivity contribution in [3.8, 4) is 0 Å². The number of aryl methyl sites for hydroxylation is 1. The van der Waals surface area contributed by atoms with Gasteiger partial charge in [0.1, 0.15) is 0 Å². The number of piperidine rings is 1. The van der Waals surface area contributed by atoms with Gasteiger partial charge in [0.15, 0.2) is 5.82 Å². The van der Waals surface area contributed by atoms with E-state index in [9.17, 15) is 4.79 Å². The molecule has 0 aliphatic carbocycles. The maximum atomic E-state index is 12.5. The van der Waals surface area contributed by atoms with Crippen LogP contribution in [0.1, 0.15) is 60.1 Å². The Kier molecular flexibility index (Phi) is 5.65. The molecule has 2 aliphatic heterocycles. The fraction of sp³-hybridized carbons (Fsp3) is 0.632. The Morgan fingerprint density at radius 2 is 2.19 bits per heavy atom. The number of rotatable bonds is 5. The third-order valence-corrected chi connectivity index (χ3v) is 6.09. The third-order valence-electron chi connectivity index (χ3n) is 5.40. The molecule has 2 aliphatic rings. The summed E-state index contributed by atoms with van der Waals surface area (Å²) in [5.41, 5.74) is 0.815. The van der Waals surface area contributed by atoms with Crippen LogP contribution in [-0.2, 0) is 11.2 Å². The second-order valence-corrected chi connectivity index (χ2v) is 8.03. The van der Waals surface area contributed by atoms with Crippen LogP contribution < -0.4 is 0 Å². The topological polar surface area (TPSA) is 68.5 Å². The molecule has 1 atom stereocenters. The Morgan fingerprint density at radius 1 is 1.31 bits per heavy atom. The number of likely N-dealkylation sites (tertiary alicyclic amines) is 1. The van der Waals surface area contributed by atoms with E-state index in [0.717, 1.165) is 82.1 Å². The molecule has 0 spiro atoms. The van der Waals surface area contributed by atoms with Gasteiger partial charge >= 0.3 is 0 Å². The summed E-state index contributed by atoms with van der Waals surface area (Å²) in [7, 11) is 0. The van der Waals surface area contributed by atoms with Gasteiger partial charge in [-0.1, -0.05) is 5.16 Å². The van der Waals surface area contributed by atoms with Crippen molar-refractivity contribution >= 4 is 17.2 Å². The molecule has 4 heterocycles. The van der Waals surface area contributed by atoms with Gasteiger partial charge in [-0.25, -0.2) is 0 Å². The molecular formula is C19H25N3O3S. The molecule has 1 amide bonds. The second-order valence-electron chi connectivity index (χ2n) is 7.25. The van der Waals surface area contributed by atoms with E-state index in [1.165, 1.54) is 0 Å². The molecule has 2 fully saturated rings. The maximum absolute atomic E-state index is 12.5. The number of carbonyl (C=O) groups excluding carboxylic acids is 1. The molecule has 0 bridgehead atoms. The van der Waals surface area contributed by atoms with E-state index in [0.29, 0.717) is 11.8 Å². The van der Waals surface area contributed by atoms with E-state index >= 15 is 0 Å². The van der Waals surface area contributed by atoms with Crippen LogP contribution in [0, 0.1) is 5.92 Å². The summed E-state index contributed by atoms with van der Waals surface area (Å²) in [5.74, 6) is 2.58. The highest BCUT2D eigenvalue weighted by Crippen LogP contribution is 2.26. The lowest BCUT2D eigenvalue weighted by molar-refractivity contribution is 0.0668. The van der Waals surface area contributed by atoms with E-state index < -0.39 is 0 Å². The number of thiophene rings is 1. The number of ether oxygens (including phenoxy) is 1. The van der Waals surface area contributed by atoms with Gasteiger partial charge in [-0.05, 0) is 49.5 Å². The number of carbonyl (C=O) groups is 1. The van der Waals surface area contributed by atoms with E-state index in [2.05, 4.69) is 10.1 Å². The van der Waals surface area contributed by atoms with E-state index in [1.807, 2.05) is 21.7 Å². The fourth-order valence-electron chi connectivity index (χ4n) is 3.87. The Bertz CT molecular complexity index is 709. The largest absolute Gasteiger partial charge is 0.381 e. The van der Waals surface area contributed by atoms with Crippen molar-refractivity contribution < 1.29 is 14.1 Å². The van der Waals surface area contributed by atoms with E-state index in [1.54, 1.807) is 11.3 Å². The van der Waals surface area contributed by atoms with Gasteiger partial charge in [-0.3, -0.25) is 4.79 Å². The van der Waals surface area contributed by atoms with Crippen LogP contribution in [0.4, 0.5) is 0 Å². The third kappa shape index (κ3) is 4.15. The zero-order chi connectivity index (χ0) is 17.8. The SMILES string of the molecule is O=C(c1ccsc1)N1CCCC(CCc2noc(C3CCOCC3)n2)C1. The van der Waals surface area contributed by atoms with E-state index in [-0.39, 0.29) is 5.91 Å². The van der Waals surface area contributed by atoms with Gasteiger partial charge in [0.2, 0.25) is 5.89 Å². The highest BCUT2D eigenvalue weighted by molar-refractivity contribution is 7.08. The molecule has 2 aromatic rings. The Hall–Kier alpha value is -1.73. The van der Waals surface area contributed by atoms with Gasteiger partial charge in [0.05, 0.1) is 5.56 Å². The number of aromatic nitrogens is 2. The minimum atomic E-state index is 0.164. The number of amides is 1. The molecule has 7 heteroatoms. The van der Waals surface area contributed by atoms with Crippen molar-refractivity contribution in [2.45, 2.75) is 44.4 Å². The van der Waals surface area contributed by atoms with Crippen molar-refractivity contribution in [1.82, 2.24) is 15.0 Å². The van der Waals surface area contributed by atoms with Crippen LogP contribution in [0.15, 0.2) is 21.3 Å². The first-order chi connectivity index (χ1) is 12.8. The lowest BCUT2D eigenvalue weighted by Crippen LogP contribution is -2.39. The smallest absolute Gasteiger partial charge is 0.254 e. The second kappa shape index (κ2) is 8.31. The van der Waals surface area contributed by atoms with Gasteiger partial charge in [-0.2, -0.15) is 16.3 Å². The first kappa shape index (κ1) is 17.7. The summed E-state index contributed by atoms with van der Waals surface area (Å²) < 4.78 is 10.9. The van der Waals surface area contributed by atoms with Crippen LogP contribution in [-0.4, -0.2) is 47.3 Å². The first-order valence-electron chi connectivity index (χ1n) is 9.51. The molecule has 0 saturated carbocycles. The monoisotopic (exact) mass is 375 g/mol. The predicted molar refractivity (Wildman–Crippen MR) is 98.4 cm³/mol. The lowest BCUT2D eigenvalue weighted by atomic mass is 9.93. The fourth-order valence-corrected chi connectivity index (χ4v) is 4.50.